The molecule has 0 aromatic heterocycles. The molecule has 1 nitrogen and oxygen atoms in total. The van der Waals surface area contributed by atoms with E-state index in [1.165, 1.54) is 28.7 Å². The largest absolute Gasteiger partial charge is 0.299 e. The van der Waals surface area contributed by atoms with Crippen molar-refractivity contribution in [2.75, 3.05) is 0 Å². The van der Waals surface area contributed by atoms with E-state index in [0.29, 0.717) is 5.78 Å². The molecule has 1 aliphatic carbocycles. The number of rotatable bonds is 12. The first-order chi connectivity index (χ1) is 13.3. The molecule has 0 aromatic rings. The third-order valence-corrected chi connectivity index (χ3v) is 6.32. The monoisotopic (exact) mass is 384 g/mol. The number of allylic oxidation sites excluding steroid dienone is 8. The smallest absolute Gasteiger partial charge is 0.139 e. The van der Waals surface area contributed by atoms with Crippen molar-refractivity contribution in [3.8, 4) is 0 Å². The van der Waals surface area contributed by atoms with Crippen LogP contribution in [0.3, 0.4) is 0 Å². The number of ketones is 1. The Hall–Kier alpha value is -1.37. The molecule has 1 unspecified atom stereocenters. The minimum Gasteiger partial charge on any atom is -0.299 e. The summed E-state index contributed by atoms with van der Waals surface area (Å²) in [5.74, 6) is 0.499. The van der Waals surface area contributed by atoms with Gasteiger partial charge in [0, 0.05) is 11.8 Å². The summed E-state index contributed by atoms with van der Waals surface area (Å²) in [6.45, 7) is 13.3. The summed E-state index contributed by atoms with van der Waals surface area (Å²) in [6, 6.07) is 0. The molecular weight excluding hydrogens is 340 g/mol. The van der Waals surface area contributed by atoms with Crippen molar-refractivity contribution in [2.24, 2.45) is 5.41 Å². The maximum atomic E-state index is 12.2. The van der Waals surface area contributed by atoms with Gasteiger partial charge in [-0.1, -0.05) is 53.5 Å². The Labute approximate surface area is 175 Å². The number of carbonyl (C=O) groups excluding carboxylic acids is 1. The topological polar surface area (TPSA) is 17.1 Å². The Bertz CT molecular complexity index is 610. The van der Waals surface area contributed by atoms with Gasteiger partial charge in [-0.05, 0) is 98.8 Å². The van der Waals surface area contributed by atoms with E-state index in [1.807, 2.05) is 0 Å². The molecule has 0 N–H and O–H groups in total. The van der Waals surface area contributed by atoms with Gasteiger partial charge in [-0.3, -0.25) is 4.79 Å². The highest BCUT2D eigenvalue weighted by Crippen LogP contribution is 2.41. The van der Waals surface area contributed by atoms with Crippen LogP contribution in [0.15, 0.2) is 46.6 Å². The molecule has 0 amide bonds. The minimum absolute atomic E-state index is 0.0389. The third-order valence-electron chi connectivity index (χ3n) is 6.32. The lowest BCUT2D eigenvalue weighted by molar-refractivity contribution is -0.125. The van der Waals surface area contributed by atoms with Crippen LogP contribution >= 0.6 is 0 Å². The van der Waals surface area contributed by atoms with Crippen molar-refractivity contribution in [3.63, 3.8) is 0 Å². The zero-order chi connectivity index (χ0) is 21.0. The molecule has 1 saturated carbocycles. The Morgan fingerprint density at radius 1 is 0.821 bits per heavy atom. The van der Waals surface area contributed by atoms with Gasteiger partial charge in [-0.25, -0.2) is 0 Å². The van der Waals surface area contributed by atoms with Crippen molar-refractivity contribution < 1.29 is 4.79 Å². The fraction of sp³-hybridized carbons (Fsp3) is 0.667. The number of carbonyl (C=O) groups is 1. The maximum Gasteiger partial charge on any atom is 0.139 e. The summed E-state index contributed by atoms with van der Waals surface area (Å²) in [7, 11) is 0. The van der Waals surface area contributed by atoms with Crippen LogP contribution in [0.1, 0.15) is 112 Å². The zero-order valence-electron chi connectivity index (χ0n) is 19.5. The molecule has 1 aliphatic rings. The molecule has 1 fully saturated rings. The van der Waals surface area contributed by atoms with Crippen LogP contribution in [0.2, 0.25) is 0 Å². The van der Waals surface area contributed by atoms with Gasteiger partial charge in [-0.15, -0.1) is 0 Å². The van der Waals surface area contributed by atoms with E-state index in [9.17, 15) is 4.79 Å². The molecule has 1 heteroatoms. The van der Waals surface area contributed by atoms with Crippen LogP contribution in [0.4, 0.5) is 0 Å². The molecule has 1 atom stereocenters. The van der Waals surface area contributed by atoms with Crippen molar-refractivity contribution >= 4 is 5.78 Å². The summed E-state index contributed by atoms with van der Waals surface area (Å²) < 4.78 is 0. The van der Waals surface area contributed by atoms with E-state index >= 15 is 0 Å². The Morgan fingerprint density at radius 3 is 1.75 bits per heavy atom. The van der Waals surface area contributed by atoms with Gasteiger partial charge < -0.3 is 0 Å². The molecule has 28 heavy (non-hydrogen) atoms. The maximum absolute atomic E-state index is 12.2. The van der Waals surface area contributed by atoms with Crippen LogP contribution in [-0.2, 0) is 4.79 Å². The van der Waals surface area contributed by atoms with Gasteiger partial charge in [-0.2, -0.15) is 0 Å². The molecule has 158 valence electrons. The molecule has 0 bridgehead atoms. The fourth-order valence-electron chi connectivity index (χ4n) is 4.08. The highest BCUT2D eigenvalue weighted by molar-refractivity contribution is 5.86. The first kappa shape index (κ1) is 24.7. The Balaban J connectivity index is 2.33. The van der Waals surface area contributed by atoms with Crippen LogP contribution in [0.5, 0.6) is 0 Å². The van der Waals surface area contributed by atoms with E-state index in [4.69, 9.17) is 0 Å². The number of hydrogen-bond acceptors (Lipinski definition) is 1. The normalized spacial score (nSPS) is 21.4. The highest BCUT2D eigenvalue weighted by atomic mass is 16.1. The average Bonchev–Trinajstić information content (AvgIpc) is 3.00. The first-order valence-electron chi connectivity index (χ1n) is 11.4. The van der Waals surface area contributed by atoms with Gasteiger partial charge in [0.15, 0.2) is 0 Å². The molecule has 0 spiro atoms. The average molecular weight is 385 g/mol. The van der Waals surface area contributed by atoms with Crippen molar-refractivity contribution in [2.45, 2.75) is 112 Å². The van der Waals surface area contributed by atoms with E-state index < -0.39 is 0 Å². The summed E-state index contributed by atoms with van der Waals surface area (Å²) in [4.78, 5) is 12.2. The van der Waals surface area contributed by atoms with E-state index in [-0.39, 0.29) is 5.41 Å². The first-order valence-corrected chi connectivity index (χ1v) is 11.4. The second kappa shape index (κ2) is 13.0. The van der Waals surface area contributed by atoms with Gasteiger partial charge in [0.1, 0.15) is 5.78 Å². The molecule has 1 rings (SSSR count). The second-order valence-electron chi connectivity index (χ2n) is 9.16. The fourth-order valence-corrected chi connectivity index (χ4v) is 4.08. The summed E-state index contributed by atoms with van der Waals surface area (Å²) in [5.41, 5.74) is 5.82. The van der Waals surface area contributed by atoms with Gasteiger partial charge in [0.25, 0.3) is 0 Å². The van der Waals surface area contributed by atoms with Gasteiger partial charge in [0.05, 0.1) is 0 Å². The van der Waals surface area contributed by atoms with E-state index in [0.717, 1.165) is 64.2 Å². The summed E-state index contributed by atoms with van der Waals surface area (Å²) in [6.07, 6.45) is 21.3. The zero-order valence-corrected chi connectivity index (χ0v) is 19.5. The molecule has 0 aliphatic heterocycles. The summed E-state index contributed by atoms with van der Waals surface area (Å²) >= 11 is 0. The number of hydrogen-bond donors (Lipinski definition) is 0. The van der Waals surface area contributed by atoms with Gasteiger partial charge in [0.2, 0.25) is 0 Å². The molecule has 0 radical (unpaired) electrons. The van der Waals surface area contributed by atoms with Crippen LogP contribution < -0.4 is 0 Å². The molecule has 0 saturated heterocycles. The predicted molar refractivity (Wildman–Crippen MR) is 125 cm³/mol. The van der Waals surface area contributed by atoms with Crippen molar-refractivity contribution in [3.05, 3.63) is 46.6 Å². The van der Waals surface area contributed by atoms with Crippen molar-refractivity contribution in [1.82, 2.24) is 0 Å². The third kappa shape index (κ3) is 9.22. The van der Waals surface area contributed by atoms with Gasteiger partial charge >= 0.3 is 0 Å². The second-order valence-corrected chi connectivity index (χ2v) is 9.16. The Morgan fingerprint density at radius 2 is 1.32 bits per heavy atom. The quantitative estimate of drug-likeness (QED) is 0.307. The van der Waals surface area contributed by atoms with Crippen molar-refractivity contribution in [1.29, 1.82) is 0 Å². The summed E-state index contributed by atoms with van der Waals surface area (Å²) in [5, 5.41) is 0. The SMILES string of the molecule is CCC1(CC=C(C)CCC=C(C)CCC=C(C)CCC=C(C)C)CCCC1=O. The lowest BCUT2D eigenvalue weighted by Gasteiger charge is -2.24. The predicted octanol–water partition coefficient (Wildman–Crippen LogP) is 8.67. The molecular formula is C27H44O. The van der Waals surface area contributed by atoms with Crippen LogP contribution in [0, 0.1) is 5.41 Å². The van der Waals surface area contributed by atoms with Crippen LogP contribution in [-0.4, -0.2) is 5.78 Å². The van der Waals surface area contributed by atoms with E-state index in [2.05, 4.69) is 65.8 Å². The standard InChI is InChI=1S/C27H44O/c1-7-27(20-11-18-26(27)28)21-19-25(6)17-10-16-24(5)15-9-14-23(4)13-8-12-22(2)3/h12,14,16,19H,7-11,13,15,17-18,20-21H2,1-6H3. The Kier molecular flexibility index (Phi) is 11.4. The molecule has 0 heterocycles. The number of Topliss-reactive ketones (excluding diaryl/α,β-unsaturated/α-hetero) is 1. The lowest BCUT2D eigenvalue weighted by atomic mass is 9.79. The highest BCUT2D eigenvalue weighted by Gasteiger charge is 2.38. The van der Waals surface area contributed by atoms with Crippen LogP contribution in [0.25, 0.3) is 0 Å². The minimum atomic E-state index is -0.0389. The lowest BCUT2D eigenvalue weighted by Crippen LogP contribution is -2.23. The molecule has 0 aromatic carbocycles. The van der Waals surface area contributed by atoms with E-state index in [1.54, 1.807) is 0 Å².